The molecule has 0 fully saturated rings. The molecule has 4 nitrogen and oxygen atoms in total. The predicted molar refractivity (Wildman–Crippen MR) is 92.0 cm³/mol. The van der Waals surface area contributed by atoms with Gasteiger partial charge in [-0.15, -0.1) is 0 Å². The lowest BCUT2D eigenvalue weighted by Gasteiger charge is -2.21. The van der Waals surface area contributed by atoms with Crippen molar-refractivity contribution in [3.8, 4) is 0 Å². The molecule has 1 aliphatic heterocycles. The molecule has 0 unspecified atom stereocenters. The van der Waals surface area contributed by atoms with Crippen molar-refractivity contribution in [1.82, 2.24) is 0 Å². The van der Waals surface area contributed by atoms with Crippen LogP contribution in [0.25, 0.3) is 0 Å². The van der Waals surface area contributed by atoms with Crippen LogP contribution in [-0.2, 0) is 11.2 Å². The van der Waals surface area contributed by atoms with Gasteiger partial charge in [-0.2, -0.15) is 0 Å². The number of amides is 2. The lowest BCUT2D eigenvalue weighted by molar-refractivity contribution is -0.116. The van der Waals surface area contributed by atoms with Crippen LogP contribution >= 0.6 is 0 Å². The van der Waals surface area contributed by atoms with Gasteiger partial charge >= 0.3 is 0 Å². The van der Waals surface area contributed by atoms with Crippen LogP contribution in [0.15, 0.2) is 48.5 Å². The molecule has 4 heteroatoms. The molecule has 23 heavy (non-hydrogen) atoms. The Morgan fingerprint density at radius 1 is 1.13 bits per heavy atom. The van der Waals surface area contributed by atoms with E-state index in [1.807, 2.05) is 55.5 Å². The van der Waals surface area contributed by atoms with E-state index in [1.165, 1.54) is 0 Å². The van der Waals surface area contributed by atoms with Crippen LogP contribution in [0, 0.1) is 0 Å². The molecule has 0 saturated heterocycles. The van der Waals surface area contributed by atoms with Gasteiger partial charge in [-0.1, -0.05) is 18.2 Å². The van der Waals surface area contributed by atoms with Gasteiger partial charge < -0.3 is 9.80 Å². The normalized spacial score (nSPS) is 12.9. The Labute approximate surface area is 136 Å². The van der Waals surface area contributed by atoms with Gasteiger partial charge in [-0.3, -0.25) is 9.59 Å². The van der Waals surface area contributed by atoms with Crippen LogP contribution in [0.3, 0.4) is 0 Å². The van der Waals surface area contributed by atoms with Gasteiger partial charge in [-0.05, 0) is 49.2 Å². The van der Waals surface area contributed by atoms with Gasteiger partial charge in [0.2, 0.25) is 5.91 Å². The van der Waals surface area contributed by atoms with Crippen molar-refractivity contribution < 1.29 is 9.59 Å². The molecule has 2 amide bonds. The van der Waals surface area contributed by atoms with Crippen LogP contribution < -0.4 is 9.80 Å². The summed E-state index contributed by atoms with van der Waals surface area (Å²) < 4.78 is 0. The molecule has 0 bridgehead atoms. The minimum absolute atomic E-state index is 0.0113. The molecular weight excluding hydrogens is 288 g/mol. The third-order valence-corrected chi connectivity index (χ3v) is 4.23. The number of carbonyl (C=O) groups is 2. The minimum Gasteiger partial charge on any atom is -0.312 e. The number of carbonyl (C=O) groups excluding carboxylic acids is 2. The minimum atomic E-state index is -0.0113. The summed E-state index contributed by atoms with van der Waals surface area (Å²) in [5, 5.41) is 0. The summed E-state index contributed by atoms with van der Waals surface area (Å²) in [6.07, 6.45) is 0.799. The van der Waals surface area contributed by atoms with Crippen molar-refractivity contribution in [2.24, 2.45) is 0 Å². The zero-order valence-corrected chi connectivity index (χ0v) is 13.5. The van der Waals surface area contributed by atoms with Crippen LogP contribution in [0.2, 0.25) is 0 Å². The summed E-state index contributed by atoms with van der Waals surface area (Å²) >= 11 is 0. The van der Waals surface area contributed by atoms with E-state index in [-0.39, 0.29) is 11.8 Å². The Bertz CT molecular complexity index is 740. The molecule has 1 aliphatic rings. The summed E-state index contributed by atoms with van der Waals surface area (Å²) in [7, 11) is 0. The molecule has 2 aromatic rings. The van der Waals surface area contributed by atoms with E-state index in [0.717, 1.165) is 23.4 Å². The Balaban J connectivity index is 1.90. The SMILES string of the molecule is CCN(C(=O)c1ccc2c(c1)CCN2C(C)=O)c1ccccc1. The Morgan fingerprint density at radius 3 is 2.52 bits per heavy atom. The zero-order chi connectivity index (χ0) is 16.4. The van der Waals surface area contributed by atoms with E-state index in [1.54, 1.807) is 16.7 Å². The highest BCUT2D eigenvalue weighted by Crippen LogP contribution is 2.29. The topological polar surface area (TPSA) is 40.6 Å². The Hall–Kier alpha value is -2.62. The number of benzene rings is 2. The summed E-state index contributed by atoms with van der Waals surface area (Å²) in [6.45, 7) is 4.84. The van der Waals surface area contributed by atoms with Crippen LogP contribution in [0.1, 0.15) is 29.8 Å². The molecular formula is C19H20N2O2. The van der Waals surface area contributed by atoms with Gasteiger partial charge in [0.15, 0.2) is 0 Å². The van der Waals surface area contributed by atoms with Crippen molar-refractivity contribution in [2.75, 3.05) is 22.9 Å². The highest BCUT2D eigenvalue weighted by atomic mass is 16.2. The number of anilines is 2. The first-order chi connectivity index (χ1) is 11.1. The second-order valence-electron chi connectivity index (χ2n) is 5.65. The van der Waals surface area contributed by atoms with Gasteiger partial charge in [0.05, 0.1) is 0 Å². The fourth-order valence-corrected chi connectivity index (χ4v) is 3.07. The molecule has 0 aromatic heterocycles. The van der Waals surface area contributed by atoms with Gasteiger partial charge in [0.25, 0.3) is 5.91 Å². The molecule has 0 saturated carbocycles. The van der Waals surface area contributed by atoms with Gasteiger partial charge in [-0.25, -0.2) is 0 Å². The highest BCUT2D eigenvalue weighted by molar-refractivity contribution is 6.07. The van der Waals surface area contributed by atoms with Crippen molar-refractivity contribution in [1.29, 1.82) is 0 Å². The Kier molecular flexibility index (Phi) is 4.15. The van der Waals surface area contributed by atoms with Gasteiger partial charge in [0, 0.05) is 37.0 Å². The molecule has 0 radical (unpaired) electrons. The molecule has 2 aromatic carbocycles. The number of nitrogens with zero attached hydrogens (tertiary/aromatic N) is 2. The summed E-state index contributed by atoms with van der Waals surface area (Å²) in [4.78, 5) is 28.0. The summed E-state index contributed by atoms with van der Waals surface area (Å²) in [5.74, 6) is 0.0325. The third kappa shape index (κ3) is 2.84. The van der Waals surface area contributed by atoms with Gasteiger partial charge in [0.1, 0.15) is 0 Å². The average Bonchev–Trinajstić information content (AvgIpc) is 2.99. The lowest BCUT2D eigenvalue weighted by Crippen LogP contribution is -2.30. The molecule has 0 N–H and O–H groups in total. The third-order valence-electron chi connectivity index (χ3n) is 4.23. The molecule has 0 spiro atoms. The van der Waals surface area contributed by atoms with Crippen LogP contribution in [0.5, 0.6) is 0 Å². The fourth-order valence-electron chi connectivity index (χ4n) is 3.07. The van der Waals surface area contributed by atoms with Crippen molar-refractivity contribution in [3.05, 3.63) is 59.7 Å². The second kappa shape index (κ2) is 6.24. The van der Waals surface area contributed by atoms with E-state index in [9.17, 15) is 9.59 Å². The van der Waals surface area contributed by atoms with E-state index in [0.29, 0.717) is 18.7 Å². The first kappa shape index (κ1) is 15.3. The predicted octanol–water partition coefficient (Wildman–Crippen LogP) is 3.26. The number of para-hydroxylation sites is 1. The van der Waals surface area contributed by atoms with Crippen molar-refractivity contribution in [3.63, 3.8) is 0 Å². The quantitative estimate of drug-likeness (QED) is 0.873. The van der Waals surface area contributed by atoms with E-state index in [2.05, 4.69) is 0 Å². The largest absolute Gasteiger partial charge is 0.312 e. The number of hydrogen-bond acceptors (Lipinski definition) is 2. The molecule has 118 valence electrons. The van der Waals surface area contributed by atoms with Crippen molar-refractivity contribution >= 4 is 23.2 Å². The highest BCUT2D eigenvalue weighted by Gasteiger charge is 2.24. The molecule has 3 rings (SSSR count). The first-order valence-electron chi connectivity index (χ1n) is 7.89. The maximum Gasteiger partial charge on any atom is 0.258 e. The number of hydrogen-bond donors (Lipinski definition) is 0. The van der Waals surface area contributed by atoms with E-state index >= 15 is 0 Å². The Morgan fingerprint density at radius 2 is 1.87 bits per heavy atom. The maximum absolute atomic E-state index is 12.8. The average molecular weight is 308 g/mol. The monoisotopic (exact) mass is 308 g/mol. The van der Waals surface area contributed by atoms with E-state index in [4.69, 9.17) is 0 Å². The number of fused-ring (bicyclic) bond motifs is 1. The summed E-state index contributed by atoms with van der Waals surface area (Å²) in [5.41, 5.74) is 3.55. The van der Waals surface area contributed by atoms with Crippen LogP contribution in [0.4, 0.5) is 11.4 Å². The fraction of sp³-hybridized carbons (Fsp3) is 0.263. The number of rotatable bonds is 3. The molecule has 0 aliphatic carbocycles. The van der Waals surface area contributed by atoms with E-state index < -0.39 is 0 Å². The summed E-state index contributed by atoms with van der Waals surface area (Å²) in [6, 6.07) is 15.3. The van der Waals surface area contributed by atoms with Crippen molar-refractivity contribution in [2.45, 2.75) is 20.3 Å². The smallest absolute Gasteiger partial charge is 0.258 e. The standard InChI is InChI=1S/C19H20N2O2/c1-3-20(17-7-5-4-6-8-17)19(23)16-9-10-18-15(13-16)11-12-21(18)14(2)22/h4-10,13H,3,11-12H2,1-2H3. The van der Waals surface area contributed by atoms with Crippen LogP contribution in [-0.4, -0.2) is 24.9 Å². The molecule has 1 heterocycles. The lowest BCUT2D eigenvalue weighted by atomic mass is 10.1. The zero-order valence-electron chi connectivity index (χ0n) is 13.5. The maximum atomic E-state index is 12.8. The second-order valence-corrected chi connectivity index (χ2v) is 5.65. The molecule has 0 atom stereocenters. The first-order valence-corrected chi connectivity index (χ1v) is 7.89.